The lowest BCUT2D eigenvalue weighted by molar-refractivity contribution is -0.0159. The SMILES string of the molecule is NS(=O)(=O)c1cc(Cl)cc(C(=O)OC2CCOCC2)c1Cl. The lowest BCUT2D eigenvalue weighted by Gasteiger charge is -2.22. The zero-order chi connectivity index (χ0) is 15.6. The van der Waals surface area contributed by atoms with Gasteiger partial charge < -0.3 is 9.47 Å². The molecule has 0 saturated carbocycles. The maximum atomic E-state index is 12.1. The summed E-state index contributed by atoms with van der Waals surface area (Å²) in [7, 11) is -4.09. The highest BCUT2D eigenvalue weighted by Crippen LogP contribution is 2.30. The van der Waals surface area contributed by atoms with Crippen molar-refractivity contribution in [1.82, 2.24) is 0 Å². The molecular weight excluding hydrogens is 341 g/mol. The van der Waals surface area contributed by atoms with Crippen molar-refractivity contribution >= 4 is 39.2 Å². The molecule has 116 valence electrons. The molecule has 0 spiro atoms. The lowest BCUT2D eigenvalue weighted by atomic mass is 10.1. The summed E-state index contributed by atoms with van der Waals surface area (Å²) in [6.07, 6.45) is 0.858. The molecule has 1 aliphatic rings. The van der Waals surface area contributed by atoms with E-state index in [-0.39, 0.29) is 21.7 Å². The summed E-state index contributed by atoms with van der Waals surface area (Å²) in [6, 6.07) is 2.34. The van der Waals surface area contributed by atoms with Crippen LogP contribution in [0.3, 0.4) is 0 Å². The Morgan fingerprint density at radius 1 is 1.29 bits per heavy atom. The number of hydrogen-bond acceptors (Lipinski definition) is 5. The van der Waals surface area contributed by atoms with Crippen LogP contribution in [0.25, 0.3) is 0 Å². The first-order valence-electron chi connectivity index (χ1n) is 6.09. The number of nitrogens with two attached hydrogens (primary N) is 1. The molecule has 0 amide bonds. The Morgan fingerprint density at radius 3 is 2.48 bits per heavy atom. The van der Waals surface area contributed by atoms with E-state index in [2.05, 4.69) is 0 Å². The molecule has 1 aliphatic heterocycles. The van der Waals surface area contributed by atoms with Crippen molar-refractivity contribution in [2.24, 2.45) is 5.14 Å². The summed E-state index contributed by atoms with van der Waals surface area (Å²) in [5.41, 5.74) is -0.125. The highest BCUT2D eigenvalue weighted by molar-refractivity contribution is 7.89. The molecule has 21 heavy (non-hydrogen) atoms. The molecular formula is C12H13Cl2NO5S. The fraction of sp³-hybridized carbons (Fsp3) is 0.417. The van der Waals surface area contributed by atoms with Gasteiger partial charge in [0, 0.05) is 17.9 Å². The number of halogens is 2. The topological polar surface area (TPSA) is 95.7 Å². The van der Waals surface area contributed by atoms with Crippen molar-refractivity contribution in [3.05, 3.63) is 27.7 Å². The molecule has 1 aromatic carbocycles. The highest BCUT2D eigenvalue weighted by Gasteiger charge is 2.25. The van der Waals surface area contributed by atoms with E-state index in [1.807, 2.05) is 0 Å². The van der Waals surface area contributed by atoms with Gasteiger partial charge in [0.05, 0.1) is 23.8 Å². The first-order chi connectivity index (χ1) is 9.79. The lowest BCUT2D eigenvalue weighted by Crippen LogP contribution is -2.26. The summed E-state index contributed by atoms with van der Waals surface area (Å²) in [5, 5.41) is 4.78. The number of esters is 1. The summed E-state index contributed by atoms with van der Waals surface area (Å²) >= 11 is 11.7. The molecule has 0 aliphatic carbocycles. The number of benzene rings is 1. The third-order valence-electron chi connectivity index (χ3n) is 2.97. The van der Waals surface area contributed by atoms with Gasteiger partial charge >= 0.3 is 5.97 Å². The fourth-order valence-electron chi connectivity index (χ4n) is 1.93. The van der Waals surface area contributed by atoms with Crippen LogP contribution in [0.2, 0.25) is 10.0 Å². The van der Waals surface area contributed by atoms with E-state index in [0.717, 1.165) is 6.07 Å². The van der Waals surface area contributed by atoms with Crippen molar-refractivity contribution < 1.29 is 22.7 Å². The van der Waals surface area contributed by atoms with E-state index < -0.39 is 20.9 Å². The minimum atomic E-state index is -4.09. The number of rotatable bonds is 3. The van der Waals surface area contributed by atoms with Gasteiger partial charge in [0.15, 0.2) is 0 Å². The molecule has 0 bridgehead atoms. The Labute approximate surface area is 132 Å². The van der Waals surface area contributed by atoms with Crippen LogP contribution in [0, 0.1) is 0 Å². The van der Waals surface area contributed by atoms with Crippen molar-refractivity contribution in [2.75, 3.05) is 13.2 Å². The summed E-state index contributed by atoms with van der Waals surface area (Å²) in [4.78, 5) is 11.7. The molecule has 6 nitrogen and oxygen atoms in total. The standard InChI is InChI=1S/C12H13Cl2NO5S/c13-7-5-9(11(14)10(6-7)21(15,17)18)12(16)20-8-1-3-19-4-2-8/h5-6,8H,1-4H2,(H2,15,17,18). The molecule has 0 aromatic heterocycles. The van der Waals surface area contributed by atoms with Gasteiger partial charge in [-0.3, -0.25) is 0 Å². The van der Waals surface area contributed by atoms with Crippen LogP contribution in [-0.4, -0.2) is 33.7 Å². The summed E-state index contributed by atoms with van der Waals surface area (Å²) < 4.78 is 33.3. The molecule has 1 saturated heterocycles. The van der Waals surface area contributed by atoms with Crippen LogP contribution in [-0.2, 0) is 19.5 Å². The molecule has 0 radical (unpaired) electrons. The normalized spacial score (nSPS) is 16.7. The quantitative estimate of drug-likeness (QED) is 0.838. The van der Waals surface area contributed by atoms with Gasteiger partial charge in [-0.15, -0.1) is 0 Å². The van der Waals surface area contributed by atoms with Gasteiger partial charge in [0.25, 0.3) is 0 Å². The number of carbonyl (C=O) groups is 1. The van der Waals surface area contributed by atoms with Crippen molar-refractivity contribution in [2.45, 2.75) is 23.8 Å². The van der Waals surface area contributed by atoms with Gasteiger partial charge in [-0.25, -0.2) is 18.4 Å². The van der Waals surface area contributed by atoms with Crippen molar-refractivity contribution in [1.29, 1.82) is 0 Å². The predicted octanol–water partition coefficient (Wildman–Crippen LogP) is 1.98. The number of carbonyl (C=O) groups excluding carboxylic acids is 1. The molecule has 0 atom stereocenters. The van der Waals surface area contributed by atoms with E-state index in [4.69, 9.17) is 37.8 Å². The Balaban J connectivity index is 2.30. The Kier molecular flexibility index (Phi) is 5.11. The fourth-order valence-corrected chi connectivity index (χ4v) is 3.37. The second-order valence-electron chi connectivity index (χ2n) is 4.53. The summed E-state index contributed by atoms with van der Waals surface area (Å²) in [5.74, 6) is -0.737. The van der Waals surface area contributed by atoms with Gasteiger partial charge in [0.2, 0.25) is 10.0 Å². The molecule has 1 fully saturated rings. The molecule has 1 aromatic rings. The zero-order valence-electron chi connectivity index (χ0n) is 10.8. The van der Waals surface area contributed by atoms with E-state index in [9.17, 15) is 13.2 Å². The number of sulfonamides is 1. The molecule has 0 unspecified atom stereocenters. The van der Waals surface area contributed by atoms with Crippen molar-refractivity contribution in [3.8, 4) is 0 Å². The maximum Gasteiger partial charge on any atom is 0.340 e. The smallest absolute Gasteiger partial charge is 0.340 e. The average molecular weight is 354 g/mol. The zero-order valence-corrected chi connectivity index (χ0v) is 13.2. The van der Waals surface area contributed by atoms with Crippen LogP contribution >= 0.6 is 23.2 Å². The number of ether oxygens (including phenoxy) is 2. The predicted molar refractivity (Wildman–Crippen MR) is 77.1 cm³/mol. The van der Waals surface area contributed by atoms with E-state index in [0.29, 0.717) is 26.1 Å². The maximum absolute atomic E-state index is 12.1. The molecule has 2 rings (SSSR count). The average Bonchev–Trinajstić information content (AvgIpc) is 2.40. The first kappa shape index (κ1) is 16.5. The molecule has 1 heterocycles. The third-order valence-corrected chi connectivity index (χ3v) is 4.64. The molecule has 2 N–H and O–H groups in total. The Bertz CT molecular complexity index is 656. The third kappa shape index (κ3) is 4.08. The van der Waals surface area contributed by atoms with Crippen LogP contribution in [0.1, 0.15) is 23.2 Å². The van der Waals surface area contributed by atoms with Gasteiger partial charge in [-0.05, 0) is 12.1 Å². The van der Waals surface area contributed by atoms with E-state index >= 15 is 0 Å². The first-order valence-corrected chi connectivity index (χ1v) is 8.40. The number of primary sulfonamides is 1. The minimum absolute atomic E-state index is 0.0300. The molecule has 9 heteroatoms. The minimum Gasteiger partial charge on any atom is -0.459 e. The second-order valence-corrected chi connectivity index (χ2v) is 6.87. The van der Waals surface area contributed by atoms with Crippen molar-refractivity contribution in [3.63, 3.8) is 0 Å². The highest BCUT2D eigenvalue weighted by atomic mass is 35.5. The van der Waals surface area contributed by atoms with Crippen LogP contribution in [0.4, 0.5) is 0 Å². The second kappa shape index (κ2) is 6.50. The Morgan fingerprint density at radius 2 is 1.90 bits per heavy atom. The van der Waals surface area contributed by atoms with E-state index in [1.165, 1.54) is 6.07 Å². The largest absolute Gasteiger partial charge is 0.459 e. The number of hydrogen-bond donors (Lipinski definition) is 1. The van der Waals surface area contributed by atoms with Crippen LogP contribution in [0.15, 0.2) is 17.0 Å². The van der Waals surface area contributed by atoms with Gasteiger partial charge in [-0.2, -0.15) is 0 Å². The van der Waals surface area contributed by atoms with E-state index in [1.54, 1.807) is 0 Å². The van der Waals surface area contributed by atoms with Gasteiger partial charge in [0.1, 0.15) is 11.0 Å². The summed E-state index contributed by atoms with van der Waals surface area (Å²) in [6.45, 7) is 1.01. The van der Waals surface area contributed by atoms with Crippen LogP contribution in [0.5, 0.6) is 0 Å². The Hall–Kier alpha value is -0.860. The van der Waals surface area contributed by atoms with Crippen LogP contribution < -0.4 is 5.14 Å². The monoisotopic (exact) mass is 353 g/mol. The van der Waals surface area contributed by atoms with Gasteiger partial charge in [-0.1, -0.05) is 23.2 Å².